The summed E-state index contributed by atoms with van der Waals surface area (Å²) in [6.45, 7) is 11.9. The van der Waals surface area contributed by atoms with E-state index in [2.05, 4.69) is 26.1 Å². The van der Waals surface area contributed by atoms with E-state index >= 15 is 0 Å². The van der Waals surface area contributed by atoms with Crippen LogP contribution in [0.1, 0.15) is 41.0 Å². The lowest BCUT2D eigenvalue weighted by atomic mass is 9.81. The highest BCUT2D eigenvalue weighted by molar-refractivity contribution is 5.66. The molecule has 2 aliphatic rings. The smallest absolute Gasteiger partial charge is 0.407 e. The van der Waals surface area contributed by atoms with E-state index in [1.165, 1.54) is 0 Å². The Kier molecular flexibility index (Phi) is 4.52. The van der Waals surface area contributed by atoms with Gasteiger partial charge in [0.25, 0.3) is 0 Å². The van der Waals surface area contributed by atoms with Crippen molar-refractivity contribution in [3.05, 3.63) is 0 Å². The number of amides is 1. The second kappa shape index (κ2) is 5.74. The molecule has 21 heavy (non-hydrogen) atoms. The number of hydrogen-bond acceptors (Lipinski definition) is 4. The van der Waals surface area contributed by atoms with E-state index in [0.29, 0.717) is 13.2 Å². The van der Waals surface area contributed by atoms with Crippen LogP contribution in [0.2, 0.25) is 0 Å². The third-order valence-corrected chi connectivity index (χ3v) is 4.22. The normalized spacial score (nSPS) is 30.3. The Morgan fingerprint density at radius 3 is 2.48 bits per heavy atom. The largest absolute Gasteiger partial charge is 0.465 e. The second-order valence-electron chi connectivity index (χ2n) is 7.51. The van der Waals surface area contributed by atoms with Crippen molar-refractivity contribution in [3.63, 3.8) is 0 Å². The molecule has 2 saturated heterocycles. The molecule has 2 rings (SSSR count). The van der Waals surface area contributed by atoms with E-state index in [1.807, 2.05) is 13.8 Å². The average molecular weight is 300 g/mol. The van der Waals surface area contributed by atoms with Crippen molar-refractivity contribution in [3.8, 4) is 0 Å². The van der Waals surface area contributed by atoms with Crippen LogP contribution < -0.4 is 5.32 Å². The van der Waals surface area contributed by atoms with Gasteiger partial charge < -0.3 is 19.9 Å². The Balaban J connectivity index is 2.27. The molecule has 0 aromatic rings. The van der Waals surface area contributed by atoms with Gasteiger partial charge in [0.05, 0.1) is 12.6 Å². The predicted molar refractivity (Wildman–Crippen MR) is 79.3 cm³/mol. The first-order chi connectivity index (χ1) is 9.62. The summed E-state index contributed by atoms with van der Waals surface area (Å²) >= 11 is 0. The summed E-state index contributed by atoms with van der Waals surface area (Å²) in [5.74, 6) is -0.647. The summed E-state index contributed by atoms with van der Waals surface area (Å²) in [6.07, 6.45) is -0.274. The Labute approximate surface area is 126 Å². The maximum absolute atomic E-state index is 11.9. The second-order valence-corrected chi connectivity index (χ2v) is 7.51. The lowest BCUT2D eigenvalue weighted by Crippen LogP contribution is -2.58. The number of carbonyl (C=O) groups is 1. The molecule has 1 amide bonds. The highest BCUT2D eigenvalue weighted by atomic mass is 16.7. The molecule has 3 atom stereocenters. The van der Waals surface area contributed by atoms with E-state index in [1.54, 1.807) is 4.90 Å². The maximum atomic E-state index is 11.9. The highest BCUT2D eigenvalue weighted by Gasteiger charge is 2.48. The van der Waals surface area contributed by atoms with Crippen molar-refractivity contribution < 1.29 is 19.4 Å². The number of carboxylic acid groups (broad SMARTS) is 1. The Morgan fingerprint density at radius 2 is 2.10 bits per heavy atom. The van der Waals surface area contributed by atoms with Gasteiger partial charge in [-0.25, -0.2) is 4.79 Å². The Morgan fingerprint density at radius 1 is 1.43 bits per heavy atom. The standard InChI is InChI=1S/C15H28N2O4/c1-14(2,3)12(11-9-20-15(4,5)21-11)17(13(18)19)10-6-7-16-8-10/h10-12,16H,6-9H2,1-5H3,(H,18,19)/t10-,11+,12?/m0/s1. The van der Waals surface area contributed by atoms with Crippen LogP contribution >= 0.6 is 0 Å². The van der Waals surface area contributed by atoms with Crippen molar-refractivity contribution in [1.29, 1.82) is 0 Å². The lowest BCUT2D eigenvalue weighted by molar-refractivity contribution is -0.152. The van der Waals surface area contributed by atoms with E-state index in [9.17, 15) is 9.90 Å². The Bertz CT molecular complexity index is 386. The third-order valence-electron chi connectivity index (χ3n) is 4.22. The third kappa shape index (κ3) is 3.67. The fraction of sp³-hybridized carbons (Fsp3) is 0.933. The molecule has 1 unspecified atom stereocenters. The zero-order valence-corrected chi connectivity index (χ0v) is 13.7. The molecule has 0 spiro atoms. The summed E-state index contributed by atoms with van der Waals surface area (Å²) in [5, 5.41) is 13.0. The first kappa shape index (κ1) is 16.5. The Hall–Kier alpha value is -0.850. The highest BCUT2D eigenvalue weighted by Crippen LogP contribution is 2.36. The molecule has 0 aromatic heterocycles. The minimum absolute atomic E-state index is 0.000891. The minimum Gasteiger partial charge on any atom is -0.465 e. The quantitative estimate of drug-likeness (QED) is 0.833. The zero-order valence-electron chi connectivity index (χ0n) is 13.7. The predicted octanol–water partition coefficient (Wildman–Crippen LogP) is 1.89. The van der Waals surface area contributed by atoms with Crippen LogP contribution in [0.15, 0.2) is 0 Å². The minimum atomic E-state index is -0.878. The van der Waals surface area contributed by atoms with Gasteiger partial charge in [-0.3, -0.25) is 4.90 Å². The van der Waals surface area contributed by atoms with Gasteiger partial charge >= 0.3 is 6.09 Å². The molecule has 2 aliphatic heterocycles. The van der Waals surface area contributed by atoms with E-state index < -0.39 is 11.9 Å². The maximum Gasteiger partial charge on any atom is 0.407 e. The topological polar surface area (TPSA) is 71.0 Å². The van der Waals surface area contributed by atoms with Crippen molar-refractivity contribution in [2.24, 2.45) is 5.41 Å². The van der Waals surface area contributed by atoms with Gasteiger partial charge in [-0.1, -0.05) is 20.8 Å². The number of ether oxygens (including phenoxy) is 2. The summed E-state index contributed by atoms with van der Waals surface area (Å²) in [5.41, 5.74) is -0.227. The van der Waals surface area contributed by atoms with Crippen molar-refractivity contribution in [2.45, 2.75) is 65.0 Å². The van der Waals surface area contributed by atoms with Crippen LogP contribution in [-0.2, 0) is 9.47 Å². The molecule has 2 N–H and O–H groups in total. The molecular weight excluding hydrogens is 272 g/mol. The monoisotopic (exact) mass is 300 g/mol. The van der Waals surface area contributed by atoms with E-state index in [0.717, 1.165) is 13.0 Å². The molecule has 2 fully saturated rings. The molecular formula is C15H28N2O4. The molecule has 0 aliphatic carbocycles. The number of nitrogens with zero attached hydrogens (tertiary/aromatic N) is 1. The van der Waals surface area contributed by atoms with Gasteiger partial charge in [-0.15, -0.1) is 0 Å². The van der Waals surface area contributed by atoms with Gasteiger partial charge in [-0.2, -0.15) is 0 Å². The van der Waals surface area contributed by atoms with Crippen LogP contribution in [0.25, 0.3) is 0 Å². The fourth-order valence-corrected chi connectivity index (χ4v) is 3.40. The van der Waals surface area contributed by atoms with Gasteiger partial charge in [0.2, 0.25) is 0 Å². The molecule has 6 heteroatoms. The summed E-state index contributed by atoms with van der Waals surface area (Å²) < 4.78 is 11.6. The van der Waals surface area contributed by atoms with Gasteiger partial charge in [0.1, 0.15) is 6.10 Å². The summed E-state index contributed by atoms with van der Waals surface area (Å²) in [7, 11) is 0. The molecule has 2 heterocycles. The van der Waals surface area contributed by atoms with Crippen molar-refractivity contribution in [2.75, 3.05) is 19.7 Å². The summed E-state index contributed by atoms with van der Waals surface area (Å²) in [6, 6.07) is -0.235. The molecule has 6 nitrogen and oxygen atoms in total. The van der Waals surface area contributed by atoms with Gasteiger partial charge in [-0.05, 0) is 32.2 Å². The zero-order chi connectivity index (χ0) is 15.8. The number of rotatable bonds is 3. The molecule has 0 bridgehead atoms. The van der Waals surface area contributed by atoms with Gasteiger partial charge in [0.15, 0.2) is 5.79 Å². The van der Waals surface area contributed by atoms with Gasteiger partial charge in [0, 0.05) is 12.6 Å². The first-order valence-corrected chi connectivity index (χ1v) is 7.65. The fourth-order valence-electron chi connectivity index (χ4n) is 3.40. The lowest BCUT2D eigenvalue weighted by Gasteiger charge is -2.44. The molecule has 0 radical (unpaired) electrons. The molecule has 0 saturated carbocycles. The van der Waals surface area contributed by atoms with E-state index in [-0.39, 0.29) is 23.6 Å². The molecule has 122 valence electrons. The van der Waals surface area contributed by atoms with Crippen LogP contribution in [0, 0.1) is 5.41 Å². The van der Waals surface area contributed by atoms with E-state index in [4.69, 9.17) is 9.47 Å². The molecule has 0 aromatic carbocycles. The van der Waals surface area contributed by atoms with Crippen molar-refractivity contribution in [1.82, 2.24) is 10.2 Å². The average Bonchev–Trinajstić information content (AvgIpc) is 2.92. The first-order valence-electron chi connectivity index (χ1n) is 7.65. The SMILES string of the molecule is CC1(C)OC[C@H](C(N(C(=O)O)[C@H]2CCNC2)C(C)(C)C)O1. The van der Waals surface area contributed by atoms with Crippen LogP contribution in [0.5, 0.6) is 0 Å². The number of nitrogens with one attached hydrogen (secondary N) is 1. The van der Waals surface area contributed by atoms with Crippen LogP contribution in [0.3, 0.4) is 0 Å². The van der Waals surface area contributed by atoms with Crippen LogP contribution in [0.4, 0.5) is 4.79 Å². The number of hydrogen-bond donors (Lipinski definition) is 2. The van der Waals surface area contributed by atoms with Crippen molar-refractivity contribution >= 4 is 6.09 Å². The summed E-state index contributed by atoms with van der Waals surface area (Å²) in [4.78, 5) is 13.5. The van der Waals surface area contributed by atoms with Crippen LogP contribution in [-0.4, -0.2) is 59.8 Å².